The number of rotatable bonds is 7. The number of anilines is 1. The molecule has 2 aliphatic carbocycles. The summed E-state index contributed by atoms with van der Waals surface area (Å²) in [5, 5.41) is 16.6. The van der Waals surface area contributed by atoms with Crippen LogP contribution in [0.15, 0.2) is 23.4 Å². The van der Waals surface area contributed by atoms with Crippen LogP contribution in [-0.2, 0) is 14.8 Å². The number of hydrogen-bond acceptors (Lipinski definition) is 9. The van der Waals surface area contributed by atoms with Crippen molar-refractivity contribution in [3.05, 3.63) is 23.5 Å². The lowest BCUT2D eigenvalue weighted by atomic mass is 10.1. The zero-order chi connectivity index (χ0) is 27.7. The summed E-state index contributed by atoms with van der Waals surface area (Å²) >= 11 is 0.705. The molecule has 206 valence electrons. The van der Waals surface area contributed by atoms with Crippen molar-refractivity contribution in [1.82, 2.24) is 29.2 Å². The topological polar surface area (TPSA) is 137 Å². The lowest BCUT2D eigenvalue weighted by Gasteiger charge is -2.42. The molecule has 1 aliphatic heterocycles. The van der Waals surface area contributed by atoms with Gasteiger partial charge in [-0.25, -0.2) is 22.2 Å². The van der Waals surface area contributed by atoms with Gasteiger partial charge in [0.05, 0.1) is 18.0 Å². The number of hydrogen-bond donors (Lipinski definition) is 1. The number of halogens is 2. The van der Waals surface area contributed by atoms with E-state index in [4.69, 9.17) is 0 Å². The van der Waals surface area contributed by atoms with Crippen LogP contribution in [0, 0.1) is 16.7 Å². The first-order chi connectivity index (χ1) is 18.5. The highest BCUT2D eigenvalue weighted by molar-refractivity contribution is 7.89. The average Bonchev–Trinajstić information content (AvgIpc) is 3.71. The Morgan fingerprint density at radius 1 is 1.26 bits per heavy atom. The molecule has 3 aromatic heterocycles. The first-order valence-corrected chi connectivity index (χ1v) is 14.9. The third kappa shape index (κ3) is 4.53. The summed E-state index contributed by atoms with van der Waals surface area (Å²) in [5.41, 5.74) is -0.171. The smallest absolute Gasteiger partial charge is 0.291 e. The monoisotopic (exact) mass is 576 g/mol. The SMILES string of the molecule is C[C@@H]1CN(c2cc(S(=O)(=O)NC3(C#N)CC3)cn3c(-c4nnc(C(F)F)s4)cnc23)CCN1C(=O)C1(C)CC1. The van der Waals surface area contributed by atoms with E-state index in [0.717, 1.165) is 12.8 Å². The number of alkyl halides is 2. The maximum atomic E-state index is 13.4. The molecule has 3 aliphatic rings. The van der Waals surface area contributed by atoms with Crippen molar-refractivity contribution >= 4 is 38.6 Å². The van der Waals surface area contributed by atoms with Crippen LogP contribution in [0.25, 0.3) is 16.3 Å². The number of sulfonamides is 1. The van der Waals surface area contributed by atoms with Crippen LogP contribution in [0.5, 0.6) is 0 Å². The van der Waals surface area contributed by atoms with E-state index in [1.54, 1.807) is 0 Å². The predicted octanol–water partition coefficient (Wildman–Crippen LogP) is 2.96. The van der Waals surface area contributed by atoms with Gasteiger partial charge in [-0.1, -0.05) is 18.3 Å². The van der Waals surface area contributed by atoms with E-state index in [-0.39, 0.29) is 27.3 Å². The highest BCUT2D eigenvalue weighted by atomic mass is 32.2. The molecule has 39 heavy (non-hydrogen) atoms. The van der Waals surface area contributed by atoms with Gasteiger partial charge in [-0.05, 0) is 38.7 Å². The van der Waals surface area contributed by atoms with Crippen molar-refractivity contribution in [3.8, 4) is 16.8 Å². The Bertz CT molecular complexity index is 1620. The molecule has 0 radical (unpaired) electrons. The maximum Gasteiger partial charge on any atom is 0.291 e. The van der Waals surface area contributed by atoms with Gasteiger partial charge >= 0.3 is 0 Å². The number of pyridine rings is 1. The third-order valence-electron chi connectivity index (χ3n) is 7.76. The zero-order valence-electron chi connectivity index (χ0n) is 21.3. The summed E-state index contributed by atoms with van der Waals surface area (Å²) in [6.45, 7) is 5.32. The minimum Gasteiger partial charge on any atom is -0.365 e. The van der Waals surface area contributed by atoms with Crippen molar-refractivity contribution < 1.29 is 22.0 Å². The molecular formula is C24H26F2N8O3S2. The zero-order valence-corrected chi connectivity index (χ0v) is 22.9. The molecule has 0 spiro atoms. The van der Waals surface area contributed by atoms with Gasteiger partial charge in [0, 0.05) is 37.3 Å². The van der Waals surface area contributed by atoms with E-state index >= 15 is 0 Å². The number of aromatic nitrogens is 4. The van der Waals surface area contributed by atoms with E-state index in [1.807, 2.05) is 29.7 Å². The summed E-state index contributed by atoms with van der Waals surface area (Å²) in [4.78, 5) is 21.3. The first kappa shape index (κ1) is 26.0. The Kier molecular flexibility index (Phi) is 5.94. The molecule has 0 unspecified atom stereocenters. The average molecular weight is 577 g/mol. The second kappa shape index (κ2) is 8.90. The predicted molar refractivity (Wildman–Crippen MR) is 138 cm³/mol. The van der Waals surface area contributed by atoms with Crippen molar-refractivity contribution in [2.75, 3.05) is 24.5 Å². The highest BCUT2D eigenvalue weighted by Crippen LogP contribution is 2.47. The number of fused-ring (bicyclic) bond motifs is 1. The molecule has 1 amide bonds. The number of amides is 1. The van der Waals surface area contributed by atoms with Crippen LogP contribution in [0.2, 0.25) is 0 Å². The molecule has 0 bridgehead atoms. The van der Waals surface area contributed by atoms with Gasteiger partial charge < -0.3 is 9.80 Å². The van der Waals surface area contributed by atoms with Crippen molar-refractivity contribution in [2.45, 2.75) is 62.4 Å². The quantitative estimate of drug-likeness (QED) is 0.453. The lowest BCUT2D eigenvalue weighted by Crippen LogP contribution is -2.55. The Hall–Kier alpha value is -3.22. The van der Waals surface area contributed by atoms with Crippen LogP contribution >= 0.6 is 11.3 Å². The van der Waals surface area contributed by atoms with Crippen molar-refractivity contribution in [2.24, 2.45) is 5.41 Å². The molecule has 1 atom stereocenters. The minimum atomic E-state index is -4.12. The van der Waals surface area contributed by atoms with Gasteiger partial charge in [0.2, 0.25) is 15.9 Å². The largest absolute Gasteiger partial charge is 0.365 e. The molecule has 6 rings (SSSR count). The summed E-state index contributed by atoms with van der Waals surface area (Å²) in [7, 11) is -4.12. The molecule has 11 nitrogen and oxygen atoms in total. The van der Waals surface area contributed by atoms with Gasteiger partial charge in [-0.2, -0.15) is 9.98 Å². The van der Waals surface area contributed by atoms with Gasteiger partial charge in [0.25, 0.3) is 6.43 Å². The van der Waals surface area contributed by atoms with Gasteiger partial charge in [-0.3, -0.25) is 9.20 Å². The fourth-order valence-electron chi connectivity index (χ4n) is 4.91. The van der Waals surface area contributed by atoms with E-state index < -0.39 is 27.0 Å². The highest BCUT2D eigenvalue weighted by Gasteiger charge is 2.49. The minimum absolute atomic E-state index is 0.0963. The Morgan fingerprint density at radius 2 is 2.00 bits per heavy atom. The number of piperazine rings is 1. The second-order valence-electron chi connectivity index (χ2n) is 10.8. The molecule has 0 aromatic carbocycles. The molecule has 4 heterocycles. The fourth-order valence-corrected chi connectivity index (χ4v) is 7.01. The normalized spacial score (nSPS) is 21.8. The lowest BCUT2D eigenvalue weighted by molar-refractivity contribution is -0.138. The standard InChI is InChI=1S/C24H26F2N8O3S2/c1-14-11-32(7-8-33(14)22(35)23(2)3-4-23)16-9-15(39(36,37)31-24(13-27)5-6-24)12-34-17(10-28-19(16)34)20-29-30-21(38-20)18(25)26/h9-10,12,14,18,31H,3-8,11H2,1-2H3/t14-/m1/s1. The number of nitrogens with zero attached hydrogens (tertiary/aromatic N) is 7. The van der Waals surface area contributed by atoms with Crippen LogP contribution in [0.1, 0.15) is 51.0 Å². The number of carbonyl (C=O) groups excluding carboxylic acids is 1. The summed E-state index contributed by atoms with van der Waals surface area (Å²) < 4.78 is 57.3. The van der Waals surface area contributed by atoms with E-state index in [2.05, 4.69) is 19.9 Å². The van der Waals surface area contributed by atoms with Crippen LogP contribution in [0.4, 0.5) is 14.5 Å². The molecule has 3 fully saturated rings. The van der Waals surface area contributed by atoms with Crippen LogP contribution in [-0.4, -0.2) is 70.0 Å². The molecule has 1 N–H and O–H groups in total. The van der Waals surface area contributed by atoms with Crippen LogP contribution < -0.4 is 9.62 Å². The second-order valence-corrected chi connectivity index (χ2v) is 13.5. The Morgan fingerprint density at radius 3 is 2.59 bits per heavy atom. The number of nitriles is 1. The van der Waals surface area contributed by atoms with Gasteiger partial charge in [0.15, 0.2) is 15.7 Å². The van der Waals surface area contributed by atoms with E-state index in [0.29, 0.717) is 60.8 Å². The molecule has 1 saturated heterocycles. The summed E-state index contributed by atoms with van der Waals surface area (Å²) in [6.07, 6.45) is 2.62. The number of carbonyl (C=O) groups is 1. The van der Waals surface area contributed by atoms with Gasteiger partial charge in [0.1, 0.15) is 16.1 Å². The molecule has 3 aromatic rings. The molecule has 15 heteroatoms. The number of nitrogens with one attached hydrogen (secondary N) is 1. The Balaban J connectivity index is 1.41. The molecular weight excluding hydrogens is 550 g/mol. The maximum absolute atomic E-state index is 13.4. The van der Waals surface area contributed by atoms with Crippen LogP contribution in [0.3, 0.4) is 0 Å². The summed E-state index contributed by atoms with van der Waals surface area (Å²) in [5.74, 6) is 0.140. The van der Waals surface area contributed by atoms with E-state index in [1.165, 1.54) is 22.9 Å². The van der Waals surface area contributed by atoms with Gasteiger partial charge in [-0.15, -0.1) is 10.2 Å². The van der Waals surface area contributed by atoms with Crippen molar-refractivity contribution in [3.63, 3.8) is 0 Å². The fraction of sp³-hybridized carbons (Fsp3) is 0.542. The third-order valence-corrected chi connectivity index (χ3v) is 10.2. The summed E-state index contributed by atoms with van der Waals surface area (Å²) in [6, 6.07) is 3.42. The van der Waals surface area contributed by atoms with E-state index in [9.17, 15) is 27.3 Å². The Labute approximate surface area is 227 Å². The number of imidazole rings is 1. The van der Waals surface area contributed by atoms with Crippen molar-refractivity contribution in [1.29, 1.82) is 5.26 Å². The first-order valence-electron chi connectivity index (χ1n) is 12.6. The molecule has 2 saturated carbocycles.